The van der Waals surface area contributed by atoms with Crippen molar-refractivity contribution in [2.75, 3.05) is 13.2 Å². The molecule has 0 spiro atoms. The topological polar surface area (TPSA) is 66.8 Å². The summed E-state index contributed by atoms with van der Waals surface area (Å²) < 4.78 is 5.42. The van der Waals surface area contributed by atoms with Crippen LogP contribution in [0.1, 0.15) is 40.0 Å². The van der Waals surface area contributed by atoms with Crippen molar-refractivity contribution in [3.8, 4) is 0 Å². The third kappa shape index (κ3) is 4.29. The molecule has 2 atom stereocenters. The van der Waals surface area contributed by atoms with Gasteiger partial charge in [-0.3, -0.25) is 9.59 Å². The fourth-order valence-electron chi connectivity index (χ4n) is 2.25. The number of hydrogen-bond acceptors (Lipinski definition) is 3. The molecule has 18 heavy (non-hydrogen) atoms. The third-order valence-electron chi connectivity index (χ3n) is 3.24. The normalized spacial score (nSPS) is 23.3. The summed E-state index contributed by atoms with van der Waals surface area (Å²) in [5.41, 5.74) is 0. The SMILES string of the molecule is CC1CC(C(=O)N(CCCC(=O)O)C(C)C)CO1. The summed E-state index contributed by atoms with van der Waals surface area (Å²) in [6.45, 7) is 6.88. The molecule has 0 radical (unpaired) electrons. The smallest absolute Gasteiger partial charge is 0.303 e. The van der Waals surface area contributed by atoms with Gasteiger partial charge < -0.3 is 14.7 Å². The first-order valence-electron chi connectivity index (χ1n) is 6.55. The van der Waals surface area contributed by atoms with Crippen molar-refractivity contribution in [1.82, 2.24) is 4.90 Å². The van der Waals surface area contributed by atoms with Gasteiger partial charge in [-0.2, -0.15) is 0 Å². The molecule has 1 N–H and O–H groups in total. The summed E-state index contributed by atoms with van der Waals surface area (Å²) in [4.78, 5) is 24.6. The van der Waals surface area contributed by atoms with Crippen molar-refractivity contribution in [3.63, 3.8) is 0 Å². The van der Waals surface area contributed by atoms with E-state index >= 15 is 0 Å². The number of ether oxygens (including phenoxy) is 1. The fraction of sp³-hybridized carbons (Fsp3) is 0.846. The maximum Gasteiger partial charge on any atom is 0.303 e. The number of amides is 1. The number of hydrogen-bond donors (Lipinski definition) is 1. The van der Waals surface area contributed by atoms with Gasteiger partial charge >= 0.3 is 5.97 Å². The van der Waals surface area contributed by atoms with Gasteiger partial charge in [0.15, 0.2) is 0 Å². The molecule has 1 heterocycles. The lowest BCUT2D eigenvalue weighted by Crippen LogP contribution is -2.42. The number of carbonyl (C=O) groups excluding carboxylic acids is 1. The Morgan fingerprint density at radius 1 is 1.44 bits per heavy atom. The molecule has 1 amide bonds. The highest BCUT2D eigenvalue weighted by atomic mass is 16.5. The molecule has 0 aromatic rings. The highest BCUT2D eigenvalue weighted by Gasteiger charge is 2.32. The summed E-state index contributed by atoms with van der Waals surface area (Å²) in [7, 11) is 0. The van der Waals surface area contributed by atoms with Gasteiger partial charge in [-0.05, 0) is 33.6 Å². The average molecular weight is 257 g/mol. The van der Waals surface area contributed by atoms with Gasteiger partial charge in [0.1, 0.15) is 0 Å². The van der Waals surface area contributed by atoms with E-state index in [9.17, 15) is 9.59 Å². The average Bonchev–Trinajstić information content (AvgIpc) is 2.69. The molecule has 0 aliphatic carbocycles. The van der Waals surface area contributed by atoms with E-state index < -0.39 is 5.97 Å². The number of aliphatic carboxylic acids is 1. The Labute approximate surface area is 108 Å². The largest absolute Gasteiger partial charge is 0.481 e. The van der Waals surface area contributed by atoms with E-state index in [4.69, 9.17) is 9.84 Å². The number of carbonyl (C=O) groups is 2. The van der Waals surface area contributed by atoms with E-state index in [0.29, 0.717) is 19.6 Å². The maximum absolute atomic E-state index is 12.3. The summed E-state index contributed by atoms with van der Waals surface area (Å²) in [6.07, 6.45) is 1.52. The quantitative estimate of drug-likeness (QED) is 0.783. The van der Waals surface area contributed by atoms with Crippen molar-refractivity contribution in [1.29, 1.82) is 0 Å². The van der Waals surface area contributed by atoms with E-state index in [1.807, 2.05) is 20.8 Å². The van der Waals surface area contributed by atoms with E-state index in [0.717, 1.165) is 6.42 Å². The summed E-state index contributed by atoms with van der Waals surface area (Å²) in [5.74, 6) is -0.782. The molecule has 0 saturated carbocycles. The van der Waals surface area contributed by atoms with E-state index in [-0.39, 0.29) is 30.4 Å². The minimum Gasteiger partial charge on any atom is -0.481 e. The molecule has 1 aliphatic rings. The zero-order valence-electron chi connectivity index (χ0n) is 11.4. The van der Waals surface area contributed by atoms with Gasteiger partial charge in [0.2, 0.25) is 5.91 Å². The summed E-state index contributed by atoms with van der Waals surface area (Å²) >= 11 is 0. The second kappa shape index (κ2) is 6.73. The first kappa shape index (κ1) is 15.0. The predicted octanol–water partition coefficient (Wildman–Crippen LogP) is 1.51. The van der Waals surface area contributed by atoms with Crippen LogP contribution in [0.2, 0.25) is 0 Å². The van der Waals surface area contributed by atoms with Crippen LogP contribution in [-0.4, -0.2) is 47.2 Å². The maximum atomic E-state index is 12.3. The van der Waals surface area contributed by atoms with Gasteiger partial charge in [-0.25, -0.2) is 0 Å². The van der Waals surface area contributed by atoms with E-state index in [2.05, 4.69) is 0 Å². The lowest BCUT2D eigenvalue weighted by molar-refractivity contribution is -0.140. The van der Waals surface area contributed by atoms with Crippen LogP contribution in [-0.2, 0) is 14.3 Å². The number of rotatable bonds is 6. The van der Waals surface area contributed by atoms with Crippen molar-refractivity contribution in [3.05, 3.63) is 0 Å². The van der Waals surface area contributed by atoms with Crippen LogP contribution < -0.4 is 0 Å². The second-order valence-electron chi connectivity index (χ2n) is 5.20. The summed E-state index contributed by atoms with van der Waals surface area (Å²) in [6, 6.07) is 0.0993. The first-order chi connectivity index (χ1) is 8.41. The molecule has 2 unspecified atom stereocenters. The Morgan fingerprint density at radius 2 is 2.11 bits per heavy atom. The van der Waals surface area contributed by atoms with Crippen LogP contribution in [0.15, 0.2) is 0 Å². The second-order valence-corrected chi connectivity index (χ2v) is 5.20. The van der Waals surface area contributed by atoms with Crippen molar-refractivity contribution < 1.29 is 19.4 Å². The van der Waals surface area contributed by atoms with Crippen molar-refractivity contribution >= 4 is 11.9 Å². The highest BCUT2D eigenvalue weighted by Crippen LogP contribution is 2.22. The lowest BCUT2D eigenvalue weighted by Gasteiger charge is -2.29. The molecule has 1 fully saturated rings. The van der Waals surface area contributed by atoms with Crippen LogP contribution >= 0.6 is 0 Å². The van der Waals surface area contributed by atoms with Crippen LogP contribution in [0.3, 0.4) is 0 Å². The van der Waals surface area contributed by atoms with Gasteiger partial charge in [0.25, 0.3) is 0 Å². The van der Waals surface area contributed by atoms with E-state index in [1.54, 1.807) is 4.90 Å². The third-order valence-corrected chi connectivity index (χ3v) is 3.24. The van der Waals surface area contributed by atoms with Crippen LogP contribution in [0.4, 0.5) is 0 Å². The molecule has 1 saturated heterocycles. The Balaban J connectivity index is 2.50. The Morgan fingerprint density at radius 3 is 2.56 bits per heavy atom. The zero-order valence-corrected chi connectivity index (χ0v) is 11.4. The Kier molecular flexibility index (Phi) is 5.59. The minimum absolute atomic E-state index is 0.0628. The number of nitrogens with zero attached hydrogens (tertiary/aromatic N) is 1. The summed E-state index contributed by atoms with van der Waals surface area (Å²) in [5, 5.41) is 8.63. The molecule has 1 rings (SSSR count). The molecule has 0 aromatic heterocycles. The zero-order chi connectivity index (χ0) is 13.7. The predicted molar refractivity (Wildman–Crippen MR) is 67.2 cm³/mol. The molecule has 5 heteroatoms. The highest BCUT2D eigenvalue weighted by molar-refractivity contribution is 5.79. The van der Waals surface area contributed by atoms with Crippen LogP contribution in [0.25, 0.3) is 0 Å². The fourth-order valence-corrected chi connectivity index (χ4v) is 2.25. The molecule has 5 nitrogen and oxygen atoms in total. The molecule has 0 aromatic carbocycles. The Hall–Kier alpha value is -1.10. The van der Waals surface area contributed by atoms with Crippen molar-refractivity contribution in [2.45, 2.75) is 52.2 Å². The monoisotopic (exact) mass is 257 g/mol. The minimum atomic E-state index is -0.816. The standard InChI is InChI=1S/C13H23NO4/c1-9(2)14(6-4-5-12(15)16)13(17)11-7-10(3)18-8-11/h9-11H,4-8H2,1-3H3,(H,15,16). The Bertz CT molecular complexity index is 303. The molecule has 104 valence electrons. The van der Waals surface area contributed by atoms with Crippen LogP contribution in [0, 0.1) is 5.92 Å². The molecule has 1 aliphatic heterocycles. The first-order valence-corrected chi connectivity index (χ1v) is 6.55. The molecular formula is C13H23NO4. The molecule has 0 bridgehead atoms. The van der Waals surface area contributed by atoms with E-state index in [1.165, 1.54) is 0 Å². The van der Waals surface area contributed by atoms with Gasteiger partial charge in [-0.15, -0.1) is 0 Å². The van der Waals surface area contributed by atoms with Gasteiger partial charge in [0, 0.05) is 19.0 Å². The van der Waals surface area contributed by atoms with Gasteiger partial charge in [0.05, 0.1) is 18.6 Å². The lowest BCUT2D eigenvalue weighted by atomic mass is 10.0. The van der Waals surface area contributed by atoms with Crippen LogP contribution in [0.5, 0.6) is 0 Å². The van der Waals surface area contributed by atoms with Gasteiger partial charge in [-0.1, -0.05) is 0 Å². The number of carboxylic acids is 1. The number of carboxylic acid groups (broad SMARTS) is 1. The molecular weight excluding hydrogens is 234 g/mol. The van der Waals surface area contributed by atoms with Crippen molar-refractivity contribution in [2.24, 2.45) is 5.92 Å².